The summed E-state index contributed by atoms with van der Waals surface area (Å²) in [5, 5.41) is 31.0. The van der Waals surface area contributed by atoms with Gasteiger partial charge in [0.05, 0.1) is 17.2 Å². The zero-order chi connectivity index (χ0) is 28.2. The van der Waals surface area contributed by atoms with E-state index >= 15 is 0 Å². The standard InChI is InChI=1S/C26H37ClO3S.C4H8O2/c1-5-7-9-10-11-22-18-31-25(26(22)27)16-15-23(30)14-13-21(17-19(3)28)24(20(4)29)12-8-6-2;1-2-3-4(5)6/h6-11,13-14,18-19,21,23-24,28,30H,5,12,15-17H2,1-4H3;2-3H2,1H3,(H,5,6)/b8-6-,9-7-,11-10-,14-13+;/t19?,21-,23?,24-;/m0./s1. The zero-order valence-electron chi connectivity index (χ0n) is 22.9. The van der Waals surface area contributed by atoms with Gasteiger partial charge in [-0.05, 0) is 70.6 Å². The molecule has 7 heteroatoms. The molecule has 0 aliphatic heterocycles. The number of rotatable bonds is 16. The lowest BCUT2D eigenvalue weighted by molar-refractivity contribution is -0.137. The number of thiophene rings is 1. The number of aryl methyl sites for hydroxylation is 1. The first-order valence-electron chi connectivity index (χ1n) is 13.0. The Morgan fingerprint density at radius 3 is 2.35 bits per heavy atom. The number of carboxylic acids is 1. The number of hydrogen-bond acceptors (Lipinski definition) is 5. The van der Waals surface area contributed by atoms with Gasteiger partial charge in [0.1, 0.15) is 5.78 Å². The molecule has 0 aromatic carbocycles. The lowest BCUT2D eigenvalue weighted by Gasteiger charge is -2.23. The molecule has 37 heavy (non-hydrogen) atoms. The van der Waals surface area contributed by atoms with Gasteiger partial charge in [0.25, 0.3) is 0 Å². The third kappa shape index (κ3) is 16.5. The quantitative estimate of drug-likeness (QED) is 0.144. The Hall–Kier alpha value is -1.99. The van der Waals surface area contributed by atoms with E-state index in [9.17, 15) is 19.8 Å². The molecule has 3 N–H and O–H groups in total. The van der Waals surface area contributed by atoms with Crippen molar-refractivity contribution in [3.05, 3.63) is 63.4 Å². The number of ketones is 1. The maximum absolute atomic E-state index is 12.1. The minimum atomic E-state index is -0.711. The number of hydrogen-bond donors (Lipinski definition) is 3. The van der Waals surface area contributed by atoms with Crippen molar-refractivity contribution >= 4 is 40.8 Å². The number of aliphatic hydroxyl groups excluding tert-OH is 2. The molecule has 1 rings (SSSR count). The van der Waals surface area contributed by atoms with E-state index in [0.29, 0.717) is 32.1 Å². The summed E-state index contributed by atoms with van der Waals surface area (Å²) in [5.74, 6) is -0.918. The lowest BCUT2D eigenvalue weighted by Crippen LogP contribution is -2.24. The molecule has 0 radical (unpaired) electrons. The molecule has 1 aromatic heterocycles. The summed E-state index contributed by atoms with van der Waals surface area (Å²) in [7, 11) is 0. The van der Waals surface area contributed by atoms with Crippen LogP contribution in [0.15, 0.2) is 47.9 Å². The van der Waals surface area contributed by atoms with Gasteiger partial charge in [0.15, 0.2) is 0 Å². The molecular formula is C30H45ClO5S. The lowest BCUT2D eigenvalue weighted by atomic mass is 9.82. The highest BCUT2D eigenvalue weighted by atomic mass is 35.5. The van der Waals surface area contributed by atoms with E-state index in [1.54, 1.807) is 31.3 Å². The first kappa shape index (κ1) is 35.0. The number of allylic oxidation sites excluding steroid dienone is 6. The van der Waals surface area contributed by atoms with E-state index in [4.69, 9.17) is 16.7 Å². The molecule has 0 aliphatic rings. The molecule has 208 valence electrons. The minimum absolute atomic E-state index is 0.0997. The largest absolute Gasteiger partial charge is 0.481 e. The van der Waals surface area contributed by atoms with E-state index in [0.717, 1.165) is 28.3 Å². The third-order valence-corrected chi connectivity index (χ3v) is 7.20. The van der Waals surface area contributed by atoms with E-state index in [1.165, 1.54) is 0 Å². The van der Waals surface area contributed by atoms with Gasteiger partial charge in [-0.15, -0.1) is 11.3 Å². The van der Waals surface area contributed by atoms with Crippen molar-refractivity contribution in [1.82, 2.24) is 0 Å². The van der Waals surface area contributed by atoms with Crippen molar-refractivity contribution in [2.75, 3.05) is 0 Å². The van der Waals surface area contributed by atoms with Crippen LogP contribution in [0.4, 0.5) is 0 Å². The average molecular weight is 553 g/mol. The van der Waals surface area contributed by atoms with Gasteiger partial charge in [-0.2, -0.15) is 0 Å². The monoisotopic (exact) mass is 552 g/mol. The number of carbonyl (C=O) groups excluding carboxylic acids is 1. The highest BCUT2D eigenvalue weighted by Crippen LogP contribution is 2.31. The van der Waals surface area contributed by atoms with Crippen molar-refractivity contribution in [2.24, 2.45) is 11.8 Å². The van der Waals surface area contributed by atoms with Gasteiger partial charge < -0.3 is 15.3 Å². The normalized spacial score (nSPS) is 15.2. The fourth-order valence-electron chi connectivity index (χ4n) is 3.61. The summed E-state index contributed by atoms with van der Waals surface area (Å²) in [4.78, 5) is 22.8. The molecule has 2 unspecified atom stereocenters. The van der Waals surface area contributed by atoms with E-state index in [1.807, 2.05) is 55.7 Å². The van der Waals surface area contributed by atoms with E-state index in [2.05, 4.69) is 13.0 Å². The molecule has 0 spiro atoms. The molecule has 1 heterocycles. The predicted octanol–water partition coefficient (Wildman–Crippen LogP) is 7.66. The maximum Gasteiger partial charge on any atom is 0.303 e. The third-order valence-electron chi connectivity index (χ3n) is 5.57. The summed E-state index contributed by atoms with van der Waals surface area (Å²) in [6.07, 6.45) is 18.9. The van der Waals surface area contributed by atoms with Crippen LogP contribution >= 0.6 is 22.9 Å². The SMILES string of the molecule is C/C=C\C[C@@H](C(C)=O)[C@@H](/C=C/C(O)CCc1scc(/C=C\C=C/CC)c1Cl)CC(C)O.CCCC(=O)O. The van der Waals surface area contributed by atoms with Crippen LogP contribution in [0.1, 0.15) is 83.6 Å². The molecule has 0 fully saturated rings. The number of aliphatic carboxylic acids is 1. The van der Waals surface area contributed by atoms with Crippen molar-refractivity contribution in [3.8, 4) is 0 Å². The summed E-state index contributed by atoms with van der Waals surface area (Å²) in [6, 6.07) is 0. The number of halogens is 1. The van der Waals surface area contributed by atoms with Crippen molar-refractivity contribution in [3.63, 3.8) is 0 Å². The van der Waals surface area contributed by atoms with Crippen LogP contribution in [0.2, 0.25) is 5.02 Å². The van der Waals surface area contributed by atoms with E-state index in [-0.39, 0.29) is 17.6 Å². The highest BCUT2D eigenvalue weighted by Gasteiger charge is 2.24. The fraction of sp³-hybridized carbons (Fsp3) is 0.533. The van der Waals surface area contributed by atoms with E-state index < -0.39 is 18.2 Å². The van der Waals surface area contributed by atoms with Crippen molar-refractivity contribution < 1.29 is 24.9 Å². The number of aliphatic hydroxyl groups is 2. The van der Waals surface area contributed by atoms with Gasteiger partial charge >= 0.3 is 5.97 Å². The Balaban J connectivity index is 0.00000192. The van der Waals surface area contributed by atoms with Crippen LogP contribution in [-0.2, 0) is 16.0 Å². The van der Waals surface area contributed by atoms with Gasteiger partial charge in [0, 0.05) is 22.8 Å². The molecule has 0 bridgehead atoms. The Bertz CT molecular complexity index is 898. The summed E-state index contributed by atoms with van der Waals surface area (Å²) in [6.45, 7) is 9.19. The van der Waals surface area contributed by atoms with Crippen LogP contribution < -0.4 is 0 Å². The van der Waals surface area contributed by atoms with Gasteiger partial charge in [-0.25, -0.2) is 0 Å². The van der Waals surface area contributed by atoms with Gasteiger partial charge in [0.2, 0.25) is 0 Å². The Morgan fingerprint density at radius 1 is 1.14 bits per heavy atom. The van der Waals surface area contributed by atoms with Crippen molar-refractivity contribution in [2.45, 2.75) is 91.8 Å². The molecule has 0 saturated heterocycles. The first-order valence-corrected chi connectivity index (χ1v) is 14.3. The second-order valence-corrected chi connectivity index (χ2v) is 10.4. The van der Waals surface area contributed by atoms with Crippen LogP contribution in [0.3, 0.4) is 0 Å². The Labute approximate surface area is 232 Å². The number of carbonyl (C=O) groups is 2. The number of Topliss-reactive ketones (excluding diaryl/α,β-unsaturated/α-hetero) is 1. The van der Waals surface area contributed by atoms with Crippen LogP contribution in [-0.4, -0.2) is 39.3 Å². The predicted molar refractivity (Wildman–Crippen MR) is 157 cm³/mol. The molecule has 0 saturated carbocycles. The Kier molecular flexibility index (Phi) is 19.9. The van der Waals surface area contributed by atoms with Crippen LogP contribution in [0, 0.1) is 11.8 Å². The van der Waals surface area contributed by atoms with Gasteiger partial charge in [-0.1, -0.05) is 74.1 Å². The fourth-order valence-corrected chi connectivity index (χ4v) is 4.94. The first-order chi connectivity index (χ1) is 17.6. The molecule has 0 amide bonds. The Morgan fingerprint density at radius 2 is 1.84 bits per heavy atom. The highest BCUT2D eigenvalue weighted by molar-refractivity contribution is 7.10. The zero-order valence-corrected chi connectivity index (χ0v) is 24.5. The molecular weight excluding hydrogens is 508 g/mol. The van der Waals surface area contributed by atoms with Crippen LogP contribution in [0.5, 0.6) is 0 Å². The smallest absolute Gasteiger partial charge is 0.303 e. The molecule has 4 atom stereocenters. The minimum Gasteiger partial charge on any atom is -0.481 e. The van der Waals surface area contributed by atoms with Gasteiger partial charge in [-0.3, -0.25) is 9.59 Å². The topological polar surface area (TPSA) is 94.8 Å². The number of carboxylic acid groups (broad SMARTS) is 1. The summed E-state index contributed by atoms with van der Waals surface area (Å²) in [5.41, 5.74) is 0.998. The summed E-state index contributed by atoms with van der Waals surface area (Å²) < 4.78 is 0. The second-order valence-electron chi connectivity index (χ2n) is 9.03. The second kappa shape index (κ2) is 21.0. The molecule has 0 aliphatic carbocycles. The average Bonchev–Trinajstić information content (AvgIpc) is 3.18. The maximum atomic E-state index is 12.1. The van der Waals surface area contributed by atoms with Crippen molar-refractivity contribution in [1.29, 1.82) is 0 Å². The van der Waals surface area contributed by atoms with Crippen LogP contribution in [0.25, 0.3) is 6.08 Å². The molecule has 1 aromatic rings. The summed E-state index contributed by atoms with van der Waals surface area (Å²) >= 11 is 8.10. The molecule has 5 nitrogen and oxygen atoms in total.